The van der Waals surface area contributed by atoms with Crippen LogP contribution < -0.4 is 4.90 Å². The lowest BCUT2D eigenvalue weighted by atomic mass is 10.3. The van der Waals surface area contributed by atoms with Crippen molar-refractivity contribution in [3.63, 3.8) is 0 Å². The van der Waals surface area contributed by atoms with Gasteiger partial charge >= 0.3 is 0 Å². The quantitative estimate of drug-likeness (QED) is 0.795. The molecule has 1 fully saturated rings. The van der Waals surface area contributed by atoms with Crippen molar-refractivity contribution >= 4 is 42.1 Å². The Morgan fingerprint density at radius 3 is 2.76 bits per heavy atom. The number of carbonyl (C=O) groups is 1. The number of carbonyl (C=O) groups excluding carboxylic acids is 1. The predicted molar refractivity (Wildman–Crippen MR) is 80.9 cm³/mol. The zero-order valence-electron chi connectivity index (χ0n) is 10.6. The summed E-state index contributed by atoms with van der Waals surface area (Å²) in [6.07, 6.45) is 1.55. The Labute approximate surface area is 129 Å². The fourth-order valence-electron chi connectivity index (χ4n) is 2.07. The summed E-state index contributed by atoms with van der Waals surface area (Å²) in [4.78, 5) is 21.8. The molecular formula is C12H10ClN3O3S2. The molecule has 6 nitrogen and oxygen atoms in total. The van der Waals surface area contributed by atoms with Gasteiger partial charge in [0.1, 0.15) is 10.9 Å². The highest BCUT2D eigenvalue weighted by atomic mass is 35.7. The van der Waals surface area contributed by atoms with Crippen molar-refractivity contribution in [3.8, 4) is 11.4 Å². The third-order valence-corrected chi connectivity index (χ3v) is 5.87. The Morgan fingerprint density at radius 1 is 1.33 bits per heavy atom. The van der Waals surface area contributed by atoms with Gasteiger partial charge in [-0.1, -0.05) is 6.07 Å². The molecule has 9 heteroatoms. The van der Waals surface area contributed by atoms with E-state index in [-0.39, 0.29) is 18.9 Å². The molecule has 1 aliphatic heterocycles. The standard InChI is InChI=1S/C12H10ClN3O3S2/c13-21(18,19)8-5-11(17)16(6-8)12-15-10(7-20-12)9-3-1-2-4-14-9/h1-4,7-8H,5-6H2. The predicted octanol–water partition coefficient (Wildman–Crippen LogP) is 1.88. The summed E-state index contributed by atoms with van der Waals surface area (Å²) in [5, 5.41) is 1.37. The number of halogens is 1. The highest BCUT2D eigenvalue weighted by Crippen LogP contribution is 2.31. The number of pyridine rings is 1. The minimum absolute atomic E-state index is 0.0415. The van der Waals surface area contributed by atoms with Gasteiger partial charge in [0.15, 0.2) is 5.13 Å². The molecular weight excluding hydrogens is 334 g/mol. The molecule has 0 radical (unpaired) electrons. The van der Waals surface area contributed by atoms with E-state index in [2.05, 4.69) is 9.97 Å². The molecule has 110 valence electrons. The van der Waals surface area contributed by atoms with Crippen LogP contribution in [0.5, 0.6) is 0 Å². The molecule has 0 bridgehead atoms. The Hall–Kier alpha value is -1.51. The second-order valence-corrected chi connectivity index (χ2v) is 8.28. The van der Waals surface area contributed by atoms with Crippen molar-refractivity contribution < 1.29 is 13.2 Å². The molecule has 0 spiro atoms. The fraction of sp³-hybridized carbons (Fsp3) is 0.250. The van der Waals surface area contributed by atoms with E-state index in [1.165, 1.54) is 16.2 Å². The molecule has 1 amide bonds. The van der Waals surface area contributed by atoms with Crippen LogP contribution in [0.25, 0.3) is 11.4 Å². The molecule has 0 aliphatic carbocycles. The number of hydrogen-bond donors (Lipinski definition) is 0. The molecule has 0 saturated carbocycles. The number of aromatic nitrogens is 2. The van der Waals surface area contributed by atoms with Crippen LogP contribution >= 0.6 is 22.0 Å². The Balaban J connectivity index is 1.86. The summed E-state index contributed by atoms with van der Waals surface area (Å²) in [6.45, 7) is 0.0415. The lowest BCUT2D eigenvalue weighted by Crippen LogP contribution is -2.26. The van der Waals surface area contributed by atoms with E-state index in [1.54, 1.807) is 17.6 Å². The van der Waals surface area contributed by atoms with Crippen LogP contribution in [0.15, 0.2) is 29.8 Å². The van der Waals surface area contributed by atoms with Crippen LogP contribution in [0.3, 0.4) is 0 Å². The van der Waals surface area contributed by atoms with Crippen LogP contribution in [0, 0.1) is 0 Å². The number of thiazole rings is 1. The maximum atomic E-state index is 11.9. The number of rotatable bonds is 3. The van der Waals surface area contributed by atoms with Gasteiger partial charge in [-0.3, -0.25) is 14.7 Å². The third-order valence-electron chi connectivity index (χ3n) is 3.14. The Bertz CT molecular complexity index is 776. The van der Waals surface area contributed by atoms with Gasteiger partial charge < -0.3 is 0 Å². The molecule has 1 atom stereocenters. The molecule has 3 rings (SSSR count). The minimum atomic E-state index is -3.75. The second kappa shape index (κ2) is 5.36. The number of nitrogens with zero attached hydrogens (tertiary/aromatic N) is 3. The normalized spacial score (nSPS) is 19.2. The van der Waals surface area contributed by atoms with Crippen molar-refractivity contribution in [2.75, 3.05) is 11.4 Å². The molecule has 1 unspecified atom stereocenters. The van der Waals surface area contributed by atoms with Gasteiger partial charge in [-0.15, -0.1) is 11.3 Å². The first kappa shape index (κ1) is 14.4. The third kappa shape index (κ3) is 2.92. The van der Waals surface area contributed by atoms with E-state index < -0.39 is 14.3 Å². The van der Waals surface area contributed by atoms with Crippen LogP contribution in [0.4, 0.5) is 5.13 Å². The van der Waals surface area contributed by atoms with Crippen LogP contribution in [-0.2, 0) is 13.8 Å². The van der Waals surface area contributed by atoms with Crippen molar-refractivity contribution in [1.29, 1.82) is 0 Å². The molecule has 1 saturated heterocycles. The van der Waals surface area contributed by atoms with E-state index in [4.69, 9.17) is 10.7 Å². The summed E-state index contributed by atoms with van der Waals surface area (Å²) >= 11 is 1.27. The molecule has 0 aromatic carbocycles. The van der Waals surface area contributed by atoms with Gasteiger partial charge in [0.2, 0.25) is 15.0 Å². The fourth-order valence-corrected chi connectivity index (χ4v) is 3.94. The number of hydrogen-bond acceptors (Lipinski definition) is 6. The van der Waals surface area contributed by atoms with Crippen molar-refractivity contribution in [3.05, 3.63) is 29.8 Å². The van der Waals surface area contributed by atoms with E-state index >= 15 is 0 Å². The summed E-state index contributed by atoms with van der Waals surface area (Å²) < 4.78 is 22.7. The first-order valence-electron chi connectivity index (χ1n) is 6.06. The maximum absolute atomic E-state index is 11.9. The highest BCUT2D eigenvalue weighted by molar-refractivity contribution is 8.14. The van der Waals surface area contributed by atoms with Gasteiger partial charge in [-0.2, -0.15) is 0 Å². The smallest absolute Gasteiger partial charge is 0.237 e. The zero-order valence-corrected chi connectivity index (χ0v) is 13.0. The van der Waals surface area contributed by atoms with Crippen LogP contribution in [-0.4, -0.2) is 36.1 Å². The molecule has 2 aromatic heterocycles. The summed E-state index contributed by atoms with van der Waals surface area (Å²) in [5.74, 6) is -0.286. The SMILES string of the molecule is O=C1CC(S(=O)(=O)Cl)CN1c1nc(-c2ccccn2)cs1. The summed E-state index contributed by atoms with van der Waals surface area (Å²) in [5.41, 5.74) is 1.36. The Morgan fingerprint density at radius 2 is 2.14 bits per heavy atom. The van der Waals surface area contributed by atoms with Crippen molar-refractivity contribution in [2.45, 2.75) is 11.7 Å². The summed E-state index contributed by atoms with van der Waals surface area (Å²) in [7, 11) is 1.58. The largest absolute Gasteiger partial charge is 0.287 e. The molecule has 0 N–H and O–H groups in total. The monoisotopic (exact) mass is 343 g/mol. The zero-order chi connectivity index (χ0) is 15.0. The van der Waals surface area contributed by atoms with Crippen LogP contribution in [0.1, 0.15) is 6.42 Å². The number of anilines is 1. The lowest BCUT2D eigenvalue weighted by molar-refractivity contribution is -0.117. The van der Waals surface area contributed by atoms with E-state index in [1.807, 2.05) is 12.1 Å². The van der Waals surface area contributed by atoms with E-state index in [0.29, 0.717) is 16.5 Å². The van der Waals surface area contributed by atoms with Crippen LogP contribution in [0.2, 0.25) is 0 Å². The van der Waals surface area contributed by atoms with Gasteiger partial charge in [0.05, 0.1) is 5.69 Å². The van der Waals surface area contributed by atoms with Gasteiger partial charge in [0, 0.05) is 35.2 Å². The minimum Gasteiger partial charge on any atom is -0.287 e. The van der Waals surface area contributed by atoms with E-state index in [9.17, 15) is 13.2 Å². The molecule has 1 aliphatic rings. The first-order valence-corrected chi connectivity index (χ1v) is 9.31. The first-order chi connectivity index (χ1) is 9.95. The van der Waals surface area contributed by atoms with Crippen molar-refractivity contribution in [1.82, 2.24) is 9.97 Å². The summed E-state index contributed by atoms with van der Waals surface area (Å²) in [6, 6.07) is 5.46. The second-order valence-electron chi connectivity index (χ2n) is 4.54. The number of amides is 1. The molecule has 21 heavy (non-hydrogen) atoms. The van der Waals surface area contributed by atoms with Crippen molar-refractivity contribution in [2.24, 2.45) is 0 Å². The van der Waals surface area contributed by atoms with Gasteiger partial charge in [0.25, 0.3) is 0 Å². The molecule has 2 aromatic rings. The molecule has 3 heterocycles. The Kier molecular flexibility index (Phi) is 3.68. The lowest BCUT2D eigenvalue weighted by Gasteiger charge is -2.11. The van der Waals surface area contributed by atoms with Gasteiger partial charge in [-0.05, 0) is 12.1 Å². The topological polar surface area (TPSA) is 80.2 Å². The maximum Gasteiger partial charge on any atom is 0.237 e. The van der Waals surface area contributed by atoms with Gasteiger partial charge in [-0.25, -0.2) is 13.4 Å². The van der Waals surface area contributed by atoms with E-state index in [0.717, 1.165) is 0 Å². The average Bonchev–Trinajstić information content (AvgIpc) is 3.05. The highest BCUT2D eigenvalue weighted by Gasteiger charge is 2.39. The average molecular weight is 344 g/mol.